The molecule has 0 spiro atoms. The van der Waals surface area contributed by atoms with Crippen LogP contribution in [-0.2, 0) is 12.8 Å². The molecule has 30 heavy (non-hydrogen) atoms. The Bertz CT molecular complexity index is 896. The van der Waals surface area contributed by atoms with Gasteiger partial charge in [0.15, 0.2) is 0 Å². The number of hydrogen-bond donors (Lipinski definition) is 1. The van der Waals surface area contributed by atoms with Crippen LogP contribution in [0.3, 0.4) is 0 Å². The average molecular weight is 410 g/mol. The molecule has 6 heteroatoms. The minimum Gasteiger partial charge on any atom is -0.311 e. The van der Waals surface area contributed by atoms with E-state index in [4.69, 9.17) is 4.98 Å². The van der Waals surface area contributed by atoms with E-state index in [1.807, 2.05) is 29.1 Å². The number of aryl methyl sites for hydroxylation is 2. The maximum atomic E-state index is 13.4. The van der Waals surface area contributed by atoms with Crippen LogP contribution in [-0.4, -0.2) is 31.6 Å². The Morgan fingerprint density at radius 1 is 1.10 bits per heavy atom. The second-order valence-electron chi connectivity index (χ2n) is 8.14. The molecule has 0 radical (unpaired) electrons. The molecule has 1 N–H and O–H groups in total. The molecule has 0 bridgehead atoms. The fourth-order valence-corrected chi connectivity index (χ4v) is 3.67. The summed E-state index contributed by atoms with van der Waals surface area (Å²) >= 11 is 0. The Balaban J connectivity index is 1.54. The smallest absolute Gasteiger partial charge is 0.235 e. The molecular weight excluding hydrogens is 377 g/mol. The van der Waals surface area contributed by atoms with Gasteiger partial charge in [0.1, 0.15) is 12.1 Å². The van der Waals surface area contributed by atoms with E-state index < -0.39 is 0 Å². The maximum absolute atomic E-state index is 13.4. The van der Waals surface area contributed by atoms with E-state index in [-0.39, 0.29) is 11.4 Å². The number of unbranched alkanes of at least 4 members (excludes halogenated alkanes) is 1. The van der Waals surface area contributed by atoms with Crippen molar-refractivity contribution in [3.05, 3.63) is 72.3 Å². The lowest BCUT2D eigenvalue weighted by Gasteiger charge is -2.31. The van der Waals surface area contributed by atoms with E-state index in [0.29, 0.717) is 5.95 Å². The summed E-state index contributed by atoms with van der Waals surface area (Å²) in [6, 6.07) is 8.89. The third-order valence-corrected chi connectivity index (χ3v) is 5.53. The van der Waals surface area contributed by atoms with Crippen LogP contribution in [0.15, 0.2) is 55.2 Å². The van der Waals surface area contributed by atoms with E-state index in [2.05, 4.69) is 29.1 Å². The number of imidazole rings is 1. The van der Waals surface area contributed by atoms with Gasteiger partial charge in [-0.15, -0.1) is 0 Å². The maximum Gasteiger partial charge on any atom is 0.235 e. The molecule has 3 aromatic rings. The zero-order valence-electron chi connectivity index (χ0n) is 18.0. The van der Waals surface area contributed by atoms with Crippen molar-refractivity contribution in [1.82, 2.24) is 24.8 Å². The molecule has 0 fully saturated rings. The summed E-state index contributed by atoms with van der Waals surface area (Å²) in [7, 11) is 0. The Labute approximate surface area is 178 Å². The molecule has 160 valence electrons. The summed E-state index contributed by atoms with van der Waals surface area (Å²) in [5.74, 6) is 0.497. The van der Waals surface area contributed by atoms with Crippen molar-refractivity contribution >= 4 is 0 Å². The zero-order chi connectivity index (χ0) is 21.2. The van der Waals surface area contributed by atoms with Gasteiger partial charge in [-0.1, -0.05) is 31.9 Å². The van der Waals surface area contributed by atoms with Crippen molar-refractivity contribution in [1.29, 1.82) is 0 Å². The van der Waals surface area contributed by atoms with Crippen molar-refractivity contribution < 1.29 is 4.39 Å². The Morgan fingerprint density at radius 3 is 2.77 bits per heavy atom. The molecule has 0 aliphatic heterocycles. The number of rotatable bonds is 12. The molecule has 0 saturated carbocycles. The predicted molar refractivity (Wildman–Crippen MR) is 118 cm³/mol. The van der Waals surface area contributed by atoms with Crippen molar-refractivity contribution in [3.8, 4) is 5.95 Å². The SMILES string of the molecule is CCCC[C@](C)(CCc1ccnc(-n2ccnc2)n1)NCCCc1cccc(F)c1. The molecule has 1 atom stereocenters. The third kappa shape index (κ3) is 6.73. The molecule has 1 aromatic carbocycles. The van der Waals surface area contributed by atoms with Gasteiger partial charge in [0.2, 0.25) is 5.95 Å². The monoisotopic (exact) mass is 409 g/mol. The number of nitrogens with one attached hydrogen (secondary N) is 1. The highest BCUT2D eigenvalue weighted by Gasteiger charge is 2.23. The van der Waals surface area contributed by atoms with E-state index in [1.165, 1.54) is 18.9 Å². The number of hydrogen-bond acceptors (Lipinski definition) is 4. The molecule has 0 aliphatic rings. The number of halogens is 1. The number of benzene rings is 1. The van der Waals surface area contributed by atoms with Gasteiger partial charge in [-0.25, -0.2) is 19.3 Å². The van der Waals surface area contributed by atoms with Crippen LogP contribution in [0.25, 0.3) is 5.95 Å². The molecule has 5 nitrogen and oxygen atoms in total. The molecular formula is C24H32FN5. The summed E-state index contributed by atoms with van der Waals surface area (Å²) in [6.07, 6.45) is 14.4. The lowest BCUT2D eigenvalue weighted by atomic mass is 9.88. The van der Waals surface area contributed by atoms with Crippen molar-refractivity contribution in [2.45, 2.75) is 64.3 Å². The van der Waals surface area contributed by atoms with Crippen LogP contribution in [0.5, 0.6) is 0 Å². The zero-order valence-corrected chi connectivity index (χ0v) is 18.0. The van der Waals surface area contributed by atoms with E-state index in [1.54, 1.807) is 24.7 Å². The molecule has 0 aliphatic carbocycles. The first-order valence-electron chi connectivity index (χ1n) is 10.9. The molecule has 3 rings (SSSR count). The van der Waals surface area contributed by atoms with E-state index in [9.17, 15) is 4.39 Å². The first kappa shape index (κ1) is 22.1. The number of aromatic nitrogens is 4. The Kier molecular flexibility index (Phi) is 8.08. The first-order valence-corrected chi connectivity index (χ1v) is 10.9. The van der Waals surface area contributed by atoms with Crippen LogP contribution in [0.1, 0.15) is 57.2 Å². The summed E-state index contributed by atoms with van der Waals surface area (Å²) in [5, 5.41) is 3.78. The fraction of sp³-hybridized carbons (Fsp3) is 0.458. The minimum absolute atomic E-state index is 0.0536. The normalized spacial score (nSPS) is 13.3. The molecule has 0 unspecified atom stereocenters. The lowest BCUT2D eigenvalue weighted by Crippen LogP contribution is -2.43. The molecule has 2 heterocycles. The van der Waals surface area contributed by atoms with Crippen LogP contribution in [0.2, 0.25) is 0 Å². The predicted octanol–water partition coefficient (Wildman–Crippen LogP) is 4.91. The summed E-state index contributed by atoms with van der Waals surface area (Å²) in [6.45, 7) is 5.45. The highest BCUT2D eigenvalue weighted by Crippen LogP contribution is 2.21. The van der Waals surface area contributed by atoms with Crippen LogP contribution >= 0.6 is 0 Å². The van der Waals surface area contributed by atoms with Gasteiger partial charge in [0.25, 0.3) is 0 Å². The van der Waals surface area contributed by atoms with Gasteiger partial charge in [0, 0.05) is 29.8 Å². The van der Waals surface area contributed by atoms with Gasteiger partial charge in [-0.2, -0.15) is 0 Å². The first-order chi connectivity index (χ1) is 14.6. The number of nitrogens with zero attached hydrogens (tertiary/aromatic N) is 4. The van der Waals surface area contributed by atoms with Crippen molar-refractivity contribution in [2.75, 3.05) is 6.54 Å². The summed E-state index contributed by atoms with van der Waals surface area (Å²) in [4.78, 5) is 13.1. The summed E-state index contributed by atoms with van der Waals surface area (Å²) < 4.78 is 15.2. The minimum atomic E-state index is -0.159. The highest BCUT2D eigenvalue weighted by molar-refractivity contribution is 5.16. The van der Waals surface area contributed by atoms with Gasteiger partial charge in [-0.3, -0.25) is 4.57 Å². The van der Waals surface area contributed by atoms with Crippen molar-refractivity contribution in [3.63, 3.8) is 0 Å². The highest BCUT2D eigenvalue weighted by atomic mass is 19.1. The van der Waals surface area contributed by atoms with E-state index >= 15 is 0 Å². The fourth-order valence-electron chi connectivity index (χ4n) is 3.67. The lowest BCUT2D eigenvalue weighted by molar-refractivity contribution is 0.298. The molecule has 0 amide bonds. The quantitative estimate of drug-likeness (QED) is 0.432. The second kappa shape index (κ2) is 11.0. The average Bonchev–Trinajstić information content (AvgIpc) is 3.30. The van der Waals surface area contributed by atoms with Gasteiger partial charge in [0.05, 0.1) is 0 Å². The molecule has 2 aromatic heterocycles. The largest absolute Gasteiger partial charge is 0.311 e. The summed E-state index contributed by atoms with van der Waals surface area (Å²) in [5.41, 5.74) is 2.15. The topological polar surface area (TPSA) is 55.6 Å². The third-order valence-electron chi connectivity index (χ3n) is 5.53. The van der Waals surface area contributed by atoms with Crippen LogP contribution in [0, 0.1) is 5.82 Å². The standard InChI is InChI=1S/C24H32FN5/c1-3-4-12-24(2,28-14-6-8-20-7-5-9-21(25)18-20)13-10-22-11-15-27-23(29-22)30-17-16-26-19-30/h5,7,9,11,15-19,28H,3-4,6,8,10,12-14H2,1-2H3/t24-/m1/s1. The van der Waals surface area contributed by atoms with Crippen molar-refractivity contribution in [2.24, 2.45) is 0 Å². The van der Waals surface area contributed by atoms with Crippen LogP contribution < -0.4 is 5.32 Å². The Morgan fingerprint density at radius 2 is 2.00 bits per heavy atom. The van der Waals surface area contributed by atoms with Gasteiger partial charge < -0.3 is 5.32 Å². The molecule has 0 saturated heterocycles. The van der Waals surface area contributed by atoms with E-state index in [0.717, 1.165) is 49.9 Å². The van der Waals surface area contributed by atoms with Crippen LogP contribution in [0.4, 0.5) is 4.39 Å². The Hall–Kier alpha value is -2.60. The van der Waals surface area contributed by atoms with Gasteiger partial charge >= 0.3 is 0 Å². The van der Waals surface area contributed by atoms with Gasteiger partial charge in [-0.05, 0) is 69.3 Å². The second-order valence-corrected chi connectivity index (χ2v) is 8.14.